The monoisotopic (exact) mass is 577 g/mol. The molecule has 1 atom stereocenters. The van der Waals surface area contributed by atoms with Crippen molar-refractivity contribution in [3.8, 4) is 0 Å². The van der Waals surface area contributed by atoms with Crippen LogP contribution in [0.15, 0.2) is 77.9 Å². The van der Waals surface area contributed by atoms with Crippen LogP contribution in [0.3, 0.4) is 0 Å². The molecule has 0 saturated carbocycles. The van der Waals surface area contributed by atoms with Crippen LogP contribution in [0.1, 0.15) is 57.6 Å². The van der Waals surface area contributed by atoms with Crippen molar-refractivity contribution in [2.75, 3.05) is 62.2 Å². The van der Waals surface area contributed by atoms with Gasteiger partial charge in [0.05, 0.1) is 0 Å². The maximum Gasteiger partial charge on any atom is 0.410 e. The third-order valence-electron chi connectivity index (χ3n) is 10.2. The van der Waals surface area contributed by atoms with Crippen LogP contribution in [0.5, 0.6) is 0 Å². The molecule has 2 aromatic rings. The Morgan fingerprint density at radius 3 is 2.26 bits per heavy atom. The van der Waals surface area contributed by atoms with Crippen molar-refractivity contribution in [3.63, 3.8) is 0 Å². The summed E-state index contributed by atoms with van der Waals surface area (Å²) in [5.74, 6) is 0. The smallest absolute Gasteiger partial charge is 0.410 e. The van der Waals surface area contributed by atoms with E-state index in [2.05, 4.69) is 95.8 Å². The Balaban J connectivity index is 1.20. The highest BCUT2D eigenvalue weighted by atomic mass is 16.6. The minimum absolute atomic E-state index is 0.170. The number of para-hydroxylation sites is 1. The summed E-state index contributed by atoms with van der Waals surface area (Å²) in [6, 6.07) is 17.4. The van der Waals surface area contributed by atoms with Gasteiger partial charge in [0.2, 0.25) is 0 Å². The number of ether oxygens (including phenoxy) is 1. The second-order valence-corrected chi connectivity index (χ2v) is 13.2. The Morgan fingerprint density at radius 1 is 0.837 bits per heavy atom. The molecule has 0 spiro atoms. The summed E-state index contributed by atoms with van der Waals surface area (Å²) in [7, 11) is 0. The van der Waals surface area contributed by atoms with E-state index >= 15 is 0 Å². The minimum Gasteiger partial charge on any atom is -0.441 e. The van der Waals surface area contributed by atoms with Gasteiger partial charge in [-0.05, 0) is 72.4 Å². The van der Waals surface area contributed by atoms with Gasteiger partial charge in [-0.3, -0.25) is 0 Å². The molecule has 43 heavy (non-hydrogen) atoms. The number of benzene rings is 2. The van der Waals surface area contributed by atoms with Crippen LogP contribution in [0.25, 0.3) is 5.57 Å². The predicted molar refractivity (Wildman–Crippen MR) is 175 cm³/mol. The van der Waals surface area contributed by atoms with E-state index in [1.54, 1.807) is 0 Å². The Hall–Kier alpha value is -3.80. The lowest BCUT2D eigenvalue weighted by Gasteiger charge is -2.41. The minimum atomic E-state index is -0.372. The molecule has 6 nitrogen and oxygen atoms in total. The van der Waals surface area contributed by atoms with E-state index in [1.165, 1.54) is 65.0 Å². The van der Waals surface area contributed by atoms with Crippen LogP contribution in [0.4, 0.5) is 16.2 Å². The van der Waals surface area contributed by atoms with Crippen molar-refractivity contribution in [2.45, 2.75) is 58.0 Å². The second-order valence-electron chi connectivity index (χ2n) is 13.2. The van der Waals surface area contributed by atoms with Crippen LogP contribution in [0, 0.1) is 0 Å². The molecule has 1 unspecified atom stereocenters. The molecule has 7 rings (SSSR count). The van der Waals surface area contributed by atoms with Crippen molar-refractivity contribution in [2.24, 2.45) is 0 Å². The second kappa shape index (κ2) is 11.4. The van der Waals surface area contributed by atoms with Crippen molar-refractivity contribution in [1.29, 1.82) is 0 Å². The molecular weight excluding hydrogens is 532 g/mol. The molecule has 0 aromatic heterocycles. The van der Waals surface area contributed by atoms with Gasteiger partial charge in [0.1, 0.15) is 19.2 Å². The zero-order valence-electron chi connectivity index (χ0n) is 26.0. The Bertz CT molecular complexity index is 1510. The molecule has 3 aliphatic heterocycles. The molecule has 224 valence electrons. The van der Waals surface area contributed by atoms with Crippen molar-refractivity contribution in [3.05, 3.63) is 89.0 Å². The van der Waals surface area contributed by atoms with Crippen LogP contribution in [-0.2, 0) is 10.2 Å². The first-order chi connectivity index (χ1) is 20.9. The summed E-state index contributed by atoms with van der Waals surface area (Å²) in [5, 5.41) is 0. The number of anilines is 2. The largest absolute Gasteiger partial charge is 0.441 e. The molecule has 0 radical (unpaired) electrons. The molecule has 1 amide bonds. The number of carbonyl (C=O) groups excluding carboxylic acids is 1. The van der Waals surface area contributed by atoms with Gasteiger partial charge in [-0.2, -0.15) is 0 Å². The van der Waals surface area contributed by atoms with E-state index in [-0.39, 0.29) is 17.6 Å². The highest BCUT2D eigenvalue weighted by molar-refractivity contribution is 6.06. The summed E-state index contributed by atoms with van der Waals surface area (Å²) in [6.07, 6.45) is 11.4. The fraction of sp³-hybridized carbons (Fsp3) is 0.459. The number of allylic oxidation sites excluding steroid dienone is 5. The van der Waals surface area contributed by atoms with E-state index in [4.69, 9.17) is 4.74 Å². The number of hydrogen-bond donors (Lipinski definition) is 0. The average Bonchev–Trinajstić information content (AvgIpc) is 3.77. The highest BCUT2D eigenvalue weighted by Gasteiger charge is 2.41. The fourth-order valence-electron chi connectivity index (χ4n) is 7.71. The van der Waals surface area contributed by atoms with E-state index in [9.17, 15) is 4.79 Å². The maximum atomic E-state index is 13.6. The summed E-state index contributed by atoms with van der Waals surface area (Å²) in [5.41, 5.74) is 9.87. The molecule has 3 fully saturated rings. The normalized spacial score (nSPS) is 22.0. The third-order valence-corrected chi connectivity index (χ3v) is 10.2. The third kappa shape index (κ3) is 5.19. The molecule has 2 aromatic carbocycles. The van der Waals surface area contributed by atoms with Crippen molar-refractivity contribution < 1.29 is 14.1 Å². The SMILES string of the molecule is CC(OC(=O)N1CCN(c2ccccc2)CC1)C1=C2C=CC(=[N+]3CCCC3)C=C2C(C)(C)c2cc(N3CCCC3)ccc21. The van der Waals surface area contributed by atoms with Crippen LogP contribution < -0.4 is 9.80 Å². The maximum absolute atomic E-state index is 13.6. The molecule has 5 aliphatic rings. The van der Waals surface area contributed by atoms with Gasteiger partial charge in [0, 0.05) is 86.6 Å². The Morgan fingerprint density at radius 2 is 1.53 bits per heavy atom. The first-order valence-corrected chi connectivity index (χ1v) is 16.3. The quantitative estimate of drug-likeness (QED) is 0.393. The van der Waals surface area contributed by atoms with E-state index < -0.39 is 0 Å². The number of carbonyl (C=O) groups is 1. The topological polar surface area (TPSA) is 39.0 Å². The lowest BCUT2D eigenvalue weighted by molar-refractivity contribution is -0.504. The van der Waals surface area contributed by atoms with E-state index in [0.29, 0.717) is 13.1 Å². The molecule has 2 aliphatic carbocycles. The molecule has 0 N–H and O–H groups in total. The van der Waals surface area contributed by atoms with Gasteiger partial charge >= 0.3 is 6.09 Å². The number of piperazine rings is 1. The molecule has 6 heteroatoms. The summed E-state index contributed by atoms with van der Waals surface area (Å²) >= 11 is 0. The van der Waals surface area contributed by atoms with E-state index in [1.807, 2.05) is 11.0 Å². The molecule has 0 bridgehead atoms. The van der Waals surface area contributed by atoms with Gasteiger partial charge in [-0.1, -0.05) is 38.1 Å². The number of rotatable bonds is 4. The summed E-state index contributed by atoms with van der Waals surface area (Å²) < 4.78 is 8.84. The summed E-state index contributed by atoms with van der Waals surface area (Å²) in [4.78, 5) is 20.3. The summed E-state index contributed by atoms with van der Waals surface area (Å²) in [6.45, 7) is 14.2. The van der Waals surface area contributed by atoms with Gasteiger partial charge in [-0.25, -0.2) is 9.37 Å². The highest BCUT2D eigenvalue weighted by Crippen LogP contribution is 2.50. The molecule has 3 heterocycles. The van der Waals surface area contributed by atoms with Gasteiger partial charge in [0.25, 0.3) is 0 Å². The van der Waals surface area contributed by atoms with Gasteiger partial charge in [-0.15, -0.1) is 0 Å². The number of amides is 1. The first kappa shape index (κ1) is 28.0. The lowest BCUT2D eigenvalue weighted by atomic mass is 9.64. The van der Waals surface area contributed by atoms with Crippen LogP contribution in [0.2, 0.25) is 0 Å². The Labute approximate surface area is 256 Å². The number of hydrogen-bond acceptors (Lipinski definition) is 4. The fourth-order valence-corrected chi connectivity index (χ4v) is 7.71. The standard InChI is InChI=1S/C37H45N4O2/c1-27(43-36(42)41-23-21-40(22-24-41)28-11-5-4-6-12-28)35-31-15-13-29(38-17-7-8-18-38)25-33(31)37(2,3)34-26-30(14-16-32(34)35)39-19-9-10-20-39/h4-6,11-16,25-27H,7-10,17-24H2,1-3H3/q+1. The zero-order valence-corrected chi connectivity index (χ0v) is 26.0. The van der Waals surface area contributed by atoms with Gasteiger partial charge in [0.15, 0.2) is 5.71 Å². The Kier molecular flexibility index (Phi) is 7.40. The van der Waals surface area contributed by atoms with Gasteiger partial charge < -0.3 is 19.4 Å². The zero-order chi connectivity index (χ0) is 29.6. The van der Waals surface area contributed by atoms with Crippen LogP contribution in [-0.4, -0.2) is 79.7 Å². The lowest BCUT2D eigenvalue weighted by Crippen LogP contribution is -2.49. The molecule has 3 saturated heterocycles. The number of nitrogens with zero attached hydrogens (tertiary/aromatic N) is 4. The number of fused-ring (bicyclic) bond motifs is 2. The predicted octanol–water partition coefficient (Wildman–Crippen LogP) is 6.42. The van der Waals surface area contributed by atoms with Crippen molar-refractivity contribution >= 4 is 28.8 Å². The first-order valence-electron chi connectivity index (χ1n) is 16.3. The molecular formula is C37H45N4O2+. The average molecular weight is 578 g/mol. The van der Waals surface area contributed by atoms with E-state index in [0.717, 1.165) is 44.8 Å². The van der Waals surface area contributed by atoms with Crippen molar-refractivity contribution in [1.82, 2.24) is 4.90 Å². The van der Waals surface area contributed by atoms with Crippen LogP contribution >= 0.6 is 0 Å².